The van der Waals surface area contributed by atoms with Crippen molar-refractivity contribution in [2.24, 2.45) is 0 Å². The first-order chi connectivity index (χ1) is 6.24. The Bertz CT molecular complexity index is 223. The third kappa shape index (κ3) is 3.67. The molecule has 1 aromatic heterocycles. The van der Waals surface area contributed by atoms with Crippen molar-refractivity contribution in [1.29, 1.82) is 0 Å². The first-order valence-electron chi connectivity index (χ1n) is 4.52. The number of hydrogen-bond acceptors (Lipinski definition) is 2. The van der Waals surface area contributed by atoms with Crippen molar-refractivity contribution in [2.75, 3.05) is 19.5 Å². The Morgan fingerprint density at radius 2 is 2.38 bits per heavy atom. The van der Waals surface area contributed by atoms with E-state index in [1.165, 1.54) is 4.88 Å². The van der Waals surface area contributed by atoms with Crippen LogP contribution in [0.4, 0.5) is 0 Å². The van der Waals surface area contributed by atoms with Gasteiger partial charge in [0.2, 0.25) is 0 Å². The molecule has 0 aliphatic heterocycles. The van der Waals surface area contributed by atoms with E-state index in [4.69, 9.17) is 11.6 Å². The molecule has 0 aliphatic rings. The molecular formula is C10H16ClNS. The zero-order chi connectivity index (χ0) is 9.68. The molecule has 74 valence electrons. The minimum absolute atomic E-state index is 0.581. The average Bonchev–Trinajstić information content (AvgIpc) is 2.57. The Labute approximate surface area is 89.3 Å². The summed E-state index contributed by atoms with van der Waals surface area (Å²) in [5, 5.41) is 2.13. The summed E-state index contributed by atoms with van der Waals surface area (Å²) in [5.41, 5.74) is 0. The molecule has 1 aromatic rings. The van der Waals surface area contributed by atoms with Crippen LogP contribution in [0.2, 0.25) is 0 Å². The fourth-order valence-corrected chi connectivity index (χ4v) is 2.32. The molecule has 1 nitrogen and oxygen atoms in total. The van der Waals surface area contributed by atoms with E-state index in [2.05, 4.69) is 36.4 Å². The Balaban J connectivity index is 2.36. The minimum Gasteiger partial charge on any atom is -0.302 e. The van der Waals surface area contributed by atoms with Crippen molar-refractivity contribution in [2.45, 2.75) is 19.4 Å². The monoisotopic (exact) mass is 217 g/mol. The lowest BCUT2D eigenvalue weighted by Gasteiger charge is -2.23. The van der Waals surface area contributed by atoms with E-state index in [1.54, 1.807) is 0 Å². The van der Waals surface area contributed by atoms with Gasteiger partial charge in [-0.2, -0.15) is 0 Å². The molecular weight excluding hydrogens is 202 g/mol. The maximum Gasteiger partial charge on any atom is 0.0351 e. The van der Waals surface area contributed by atoms with Crippen LogP contribution in [0.3, 0.4) is 0 Å². The average molecular weight is 218 g/mol. The number of alkyl halides is 1. The van der Waals surface area contributed by atoms with Gasteiger partial charge >= 0.3 is 0 Å². The molecule has 1 unspecified atom stereocenters. The van der Waals surface area contributed by atoms with Gasteiger partial charge in [-0.15, -0.1) is 22.9 Å². The third-order valence-corrected chi connectivity index (χ3v) is 3.33. The van der Waals surface area contributed by atoms with E-state index in [1.807, 2.05) is 11.3 Å². The summed E-state index contributed by atoms with van der Waals surface area (Å²) in [6.07, 6.45) is 1.13. The minimum atomic E-state index is 0.581. The Hall–Kier alpha value is -0.0500. The predicted molar refractivity (Wildman–Crippen MR) is 60.8 cm³/mol. The van der Waals surface area contributed by atoms with Gasteiger partial charge in [0.25, 0.3) is 0 Å². The Kier molecular flexibility index (Phi) is 4.78. The Morgan fingerprint density at radius 1 is 1.62 bits per heavy atom. The van der Waals surface area contributed by atoms with Gasteiger partial charge in [-0.05, 0) is 31.8 Å². The smallest absolute Gasteiger partial charge is 0.0351 e. The van der Waals surface area contributed by atoms with Gasteiger partial charge in [-0.1, -0.05) is 6.07 Å². The fourth-order valence-electron chi connectivity index (χ4n) is 1.23. The van der Waals surface area contributed by atoms with Crippen molar-refractivity contribution in [3.63, 3.8) is 0 Å². The number of hydrogen-bond donors (Lipinski definition) is 0. The lowest BCUT2D eigenvalue weighted by Crippen LogP contribution is -2.32. The topological polar surface area (TPSA) is 3.24 Å². The highest BCUT2D eigenvalue weighted by Crippen LogP contribution is 2.13. The number of halogens is 1. The van der Waals surface area contributed by atoms with Gasteiger partial charge in [0.1, 0.15) is 0 Å². The molecule has 0 saturated heterocycles. The van der Waals surface area contributed by atoms with Crippen molar-refractivity contribution in [3.05, 3.63) is 22.4 Å². The number of likely N-dealkylation sites (N-methyl/N-ethyl adjacent to an activating group) is 1. The Morgan fingerprint density at radius 3 is 2.92 bits per heavy atom. The van der Waals surface area contributed by atoms with Gasteiger partial charge in [-0.25, -0.2) is 0 Å². The molecule has 0 spiro atoms. The van der Waals surface area contributed by atoms with Crippen LogP contribution in [0.15, 0.2) is 17.5 Å². The summed E-state index contributed by atoms with van der Waals surface area (Å²) in [7, 11) is 2.13. The second kappa shape index (κ2) is 5.63. The van der Waals surface area contributed by atoms with Crippen LogP contribution in [0.25, 0.3) is 0 Å². The van der Waals surface area contributed by atoms with Crippen molar-refractivity contribution < 1.29 is 0 Å². The van der Waals surface area contributed by atoms with Crippen molar-refractivity contribution in [1.82, 2.24) is 4.90 Å². The van der Waals surface area contributed by atoms with Crippen LogP contribution in [0, 0.1) is 0 Å². The normalized spacial score (nSPS) is 13.5. The maximum atomic E-state index is 5.68. The molecule has 0 bridgehead atoms. The lowest BCUT2D eigenvalue weighted by atomic mass is 10.2. The molecule has 3 heteroatoms. The number of thiophene rings is 1. The zero-order valence-corrected chi connectivity index (χ0v) is 9.74. The molecule has 0 fully saturated rings. The molecule has 0 saturated carbocycles. The van der Waals surface area contributed by atoms with Crippen molar-refractivity contribution >= 4 is 22.9 Å². The maximum absolute atomic E-state index is 5.68. The zero-order valence-electron chi connectivity index (χ0n) is 8.16. The molecule has 0 amide bonds. The molecule has 0 aliphatic carbocycles. The highest BCUT2D eigenvalue weighted by atomic mass is 35.5. The summed E-state index contributed by atoms with van der Waals surface area (Å²) in [6, 6.07) is 4.88. The van der Waals surface area contributed by atoms with Gasteiger partial charge in [0, 0.05) is 23.3 Å². The van der Waals surface area contributed by atoms with Crippen LogP contribution in [0.5, 0.6) is 0 Å². The molecule has 13 heavy (non-hydrogen) atoms. The van der Waals surface area contributed by atoms with Gasteiger partial charge in [0.05, 0.1) is 0 Å². The molecule has 0 radical (unpaired) electrons. The summed E-state index contributed by atoms with van der Waals surface area (Å²) >= 11 is 7.51. The molecule has 1 atom stereocenters. The van der Waals surface area contributed by atoms with Crippen LogP contribution in [-0.4, -0.2) is 30.4 Å². The SMILES string of the molecule is CC(Cc1cccs1)N(C)CCCl. The van der Waals surface area contributed by atoms with E-state index >= 15 is 0 Å². The van der Waals surface area contributed by atoms with Crippen LogP contribution in [-0.2, 0) is 6.42 Å². The quantitative estimate of drug-likeness (QED) is 0.686. The van der Waals surface area contributed by atoms with E-state index in [9.17, 15) is 0 Å². The van der Waals surface area contributed by atoms with Crippen molar-refractivity contribution in [3.8, 4) is 0 Å². The van der Waals surface area contributed by atoms with Crippen LogP contribution < -0.4 is 0 Å². The highest BCUT2D eigenvalue weighted by molar-refractivity contribution is 7.09. The second-order valence-electron chi connectivity index (χ2n) is 3.30. The summed E-state index contributed by atoms with van der Waals surface area (Å²) in [4.78, 5) is 3.75. The third-order valence-electron chi connectivity index (χ3n) is 2.27. The lowest BCUT2D eigenvalue weighted by molar-refractivity contribution is 0.272. The van der Waals surface area contributed by atoms with Crippen LogP contribution in [0.1, 0.15) is 11.8 Å². The molecule has 1 rings (SSSR count). The molecule has 1 heterocycles. The first-order valence-corrected chi connectivity index (χ1v) is 5.94. The van der Waals surface area contributed by atoms with E-state index in [0.717, 1.165) is 13.0 Å². The largest absolute Gasteiger partial charge is 0.302 e. The van der Waals surface area contributed by atoms with Crippen LogP contribution >= 0.6 is 22.9 Å². The second-order valence-corrected chi connectivity index (χ2v) is 4.71. The van der Waals surface area contributed by atoms with Gasteiger partial charge in [0.15, 0.2) is 0 Å². The standard InChI is InChI=1S/C10H16ClNS/c1-9(12(2)6-5-11)8-10-4-3-7-13-10/h3-4,7,9H,5-6,8H2,1-2H3. The van der Waals surface area contributed by atoms with Gasteiger partial charge < -0.3 is 4.90 Å². The number of rotatable bonds is 5. The van der Waals surface area contributed by atoms with E-state index < -0.39 is 0 Å². The van der Waals surface area contributed by atoms with E-state index in [-0.39, 0.29) is 0 Å². The fraction of sp³-hybridized carbons (Fsp3) is 0.600. The summed E-state index contributed by atoms with van der Waals surface area (Å²) < 4.78 is 0. The van der Waals surface area contributed by atoms with Gasteiger partial charge in [-0.3, -0.25) is 0 Å². The first kappa shape index (κ1) is 11.0. The number of nitrogens with zero attached hydrogens (tertiary/aromatic N) is 1. The summed E-state index contributed by atoms with van der Waals surface area (Å²) in [5.74, 6) is 0.714. The predicted octanol–water partition coefficient (Wildman–Crippen LogP) is 2.85. The highest BCUT2D eigenvalue weighted by Gasteiger charge is 2.09. The van der Waals surface area contributed by atoms with E-state index in [0.29, 0.717) is 11.9 Å². The molecule has 0 aromatic carbocycles. The molecule has 0 N–H and O–H groups in total. The summed E-state index contributed by atoms with van der Waals surface area (Å²) in [6.45, 7) is 3.21.